The van der Waals surface area contributed by atoms with Gasteiger partial charge < -0.3 is 15.0 Å². The molecule has 2 N–H and O–H groups in total. The van der Waals surface area contributed by atoms with Crippen molar-refractivity contribution >= 4 is 35.0 Å². The van der Waals surface area contributed by atoms with Crippen LogP contribution < -0.4 is 10.9 Å². The lowest BCUT2D eigenvalue weighted by Gasteiger charge is -2.09. The molecule has 0 saturated carbocycles. The summed E-state index contributed by atoms with van der Waals surface area (Å²) in [7, 11) is 1.52. The van der Waals surface area contributed by atoms with Gasteiger partial charge >= 0.3 is 0 Å². The number of aromatic amines is 1. The maximum absolute atomic E-state index is 12.0. The normalized spacial score (nSPS) is 10.6. The highest BCUT2D eigenvalue weighted by atomic mass is 35.5. The zero-order valence-corrected chi connectivity index (χ0v) is 14.3. The number of ether oxygens (including phenoxy) is 1. The highest BCUT2D eigenvalue weighted by Crippen LogP contribution is 2.23. The van der Waals surface area contributed by atoms with Crippen molar-refractivity contribution in [3.63, 3.8) is 0 Å². The highest BCUT2D eigenvalue weighted by Gasteiger charge is 2.09. The van der Waals surface area contributed by atoms with Crippen molar-refractivity contribution in [3.05, 3.63) is 50.9 Å². The quantitative estimate of drug-likeness (QED) is 0.616. The molecule has 23 heavy (non-hydrogen) atoms. The molecule has 122 valence electrons. The average Bonchev–Trinajstić information content (AvgIpc) is 2.50. The van der Waals surface area contributed by atoms with Crippen molar-refractivity contribution in [1.29, 1.82) is 0 Å². The van der Waals surface area contributed by atoms with Crippen molar-refractivity contribution < 1.29 is 9.53 Å². The number of benzene rings is 1. The summed E-state index contributed by atoms with van der Waals surface area (Å²) in [4.78, 5) is 30.4. The fraction of sp³-hybridized carbons (Fsp3) is 0.267. The first-order chi connectivity index (χ1) is 11.0. The topological polar surface area (TPSA) is 84.1 Å². The number of thioether (sulfide) groups is 1. The van der Waals surface area contributed by atoms with Crippen LogP contribution in [0.15, 0.2) is 34.2 Å². The SMILES string of the molecule is COCc1cc(=O)[nH]c(SCC(=O)Nc2cccc(Cl)c2C)n1. The lowest BCUT2D eigenvalue weighted by atomic mass is 10.2. The fourth-order valence-corrected chi connectivity index (χ4v) is 2.71. The molecule has 1 heterocycles. The number of carbonyl (C=O) groups excluding carboxylic acids is 1. The van der Waals surface area contributed by atoms with Gasteiger partial charge in [-0.1, -0.05) is 29.4 Å². The molecule has 0 radical (unpaired) electrons. The van der Waals surface area contributed by atoms with Crippen molar-refractivity contribution in [2.75, 3.05) is 18.2 Å². The molecule has 2 rings (SSSR count). The van der Waals surface area contributed by atoms with E-state index >= 15 is 0 Å². The number of rotatable bonds is 6. The Labute approximate surface area is 142 Å². The van der Waals surface area contributed by atoms with E-state index in [2.05, 4.69) is 15.3 Å². The third-order valence-corrected chi connectivity index (χ3v) is 4.23. The number of anilines is 1. The van der Waals surface area contributed by atoms with Crippen molar-refractivity contribution in [1.82, 2.24) is 9.97 Å². The summed E-state index contributed by atoms with van der Waals surface area (Å²) in [6.07, 6.45) is 0. The molecule has 2 aromatic rings. The number of aromatic nitrogens is 2. The maximum atomic E-state index is 12.0. The first kappa shape index (κ1) is 17.5. The standard InChI is InChI=1S/C15H16ClN3O3S/c1-9-11(16)4-3-5-12(9)18-14(21)8-23-15-17-10(7-22-2)6-13(20)19-15/h3-6H,7-8H2,1-2H3,(H,18,21)(H,17,19,20). The van der Waals surface area contributed by atoms with Crippen LogP contribution in [0.1, 0.15) is 11.3 Å². The number of hydrogen-bond acceptors (Lipinski definition) is 5. The van der Waals surface area contributed by atoms with Gasteiger partial charge in [0.1, 0.15) is 0 Å². The predicted octanol–water partition coefficient (Wildman–Crippen LogP) is 2.61. The van der Waals surface area contributed by atoms with E-state index in [1.807, 2.05) is 6.92 Å². The van der Waals surface area contributed by atoms with Gasteiger partial charge in [0.2, 0.25) is 5.91 Å². The van der Waals surface area contributed by atoms with Gasteiger partial charge in [-0.15, -0.1) is 0 Å². The largest absolute Gasteiger partial charge is 0.378 e. The number of nitrogens with zero attached hydrogens (tertiary/aromatic N) is 1. The first-order valence-electron chi connectivity index (χ1n) is 6.76. The molecular formula is C15H16ClN3O3S. The summed E-state index contributed by atoms with van der Waals surface area (Å²) < 4.78 is 4.95. The van der Waals surface area contributed by atoms with Crippen molar-refractivity contribution in [3.8, 4) is 0 Å². The first-order valence-corrected chi connectivity index (χ1v) is 8.13. The molecule has 0 aliphatic heterocycles. The Morgan fingerprint density at radius 1 is 1.48 bits per heavy atom. The van der Waals surface area contributed by atoms with Crippen LogP contribution in [-0.4, -0.2) is 28.7 Å². The summed E-state index contributed by atoms with van der Waals surface area (Å²) in [6, 6.07) is 6.68. The van der Waals surface area contributed by atoms with Crippen LogP contribution in [0.25, 0.3) is 0 Å². The van der Waals surface area contributed by atoms with E-state index in [4.69, 9.17) is 16.3 Å². The van der Waals surface area contributed by atoms with E-state index < -0.39 is 0 Å². The number of amides is 1. The van der Waals surface area contributed by atoms with Crippen LogP contribution in [0.3, 0.4) is 0 Å². The average molecular weight is 354 g/mol. The molecule has 8 heteroatoms. The van der Waals surface area contributed by atoms with E-state index in [1.54, 1.807) is 18.2 Å². The second-order valence-electron chi connectivity index (χ2n) is 4.72. The number of halogens is 1. The number of hydrogen-bond donors (Lipinski definition) is 2. The third kappa shape index (κ3) is 5.09. The molecule has 0 atom stereocenters. The molecule has 0 aliphatic carbocycles. The predicted molar refractivity (Wildman–Crippen MR) is 91.1 cm³/mol. The number of carbonyl (C=O) groups is 1. The Hall–Kier alpha value is -1.83. The number of methoxy groups -OCH3 is 1. The van der Waals surface area contributed by atoms with Crippen LogP contribution in [0.4, 0.5) is 5.69 Å². The van der Waals surface area contributed by atoms with Gasteiger partial charge in [-0.3, -0.25) is 9.59 Å². The van der Waals surface area contributed by atoms with Crippen molar-refractivity contribution in [2.45, 2.75) is 18.7 Å². The molecule has 0 aliphatic rings. The zero-order valence-electron chi connectivity index (χ0n) is 12.7. The summed E-state index contributed by atoms with van der Waals surface area (Å²) >= 11 is 7.16. The molecule has 0 unspecified atom stereocenters. The molecule has 0 saturated heterocycles. The van der Waals surface area contributed by atoms with E-state index in [9.17, 15) is 9.59 Å². The lowest BCUT2D eigenvalue weighted by Crippen LogP contribution is -2.16. The monoisotopic (exact) mass is 353 g/mol. The van der Waals surface area contributed by atoms with Gasteiger partial charge in [0, 0.05) is 23.9 Å². The number of nitrogens with one attached hydrogen (secondary N) is 2. The second kappa shape index (κ2) is 8.14. The lowest BCUT2D eigenvalue weighted by molar-refractivity contribution is -0.113. The van der Waals surface area contributed by atoms with Crippen LogP contribution in [0.5, 0.6) is 0 Å². The van der Waals surface area contributed by atoms with Gasteiger partial charge in [-0.05, 0) is 24.6 Å². The molecule has 0 spiro atoms. The Balaban J connectivity index is 1.99. The summed E-state index contributed by atoms with van der Waals surface area (Å²) in [5.74, 6) is -0.0918. The Morgan fingerprint density at radius 3 is 3.00 bits per heavy atom. The molecule has 6 nitrogen and oxygen atoms in total. The van der Waals surface area contributed by atoms with E-state index in [1.165, 1.54) is 13.2 Å². The molecule has 0 bridgehead atoms. The Morgan fingerprint density at radius 2 is 2.26 bits per heavy atom. The van der Waals surface area contributed by atoms with Gasteiger partial charge in [-0.25, -0.2) is 4.98 Å². The Kier molecular flexibility index (Phi) is 6.20. The van der Waals surface area contributed by atoms with Gasteiger partial charge in [0.15, 0.2) is 5.16 Å². The van der Waals surface area contributed by atoms with Gasteiger partial charge in [-0.2, -0.15) is 0 Å². The smallest absolute Gasteiger partial charge is 0.251 e. The zero-order chi connectivity index (χ0) is 16.8. The minimum absolute atomic E-state index is 0.116. The van der Waals surface area contributed by atoms with Gasteiger partial charge in [0.05, 0.1) is 18.1 Å². The minimum Gasteiger partial charge on any atom is -0.378 e. The van der Waals surface area contributed by atoms with Crippen LogP contribution >= 0.6 is 23.4 Å². The van der Waals surface area contributed by atoms with E-state index in [-0.39, 0.29) is 23.8 Å². The second-order valence-corrected chi connectivity index (χ2v) is 6.10. The van der Waals surface area contributed by atoms with Crippen LogP contribution in [0.2, 0.25) is 5.02 Å². The summed E-state index contributed by atoms with van der Waals surface area (Å²) in [5, 5.41) is 3.76. The minimum atomic E-state index is -0.277. The summed E-state index contributed by atoms with van der Waals surface area (Å²) in [6.45, 7) is 2.07. The van der Waals surface area contributed by atoms with Crippen LogP contribution in [-0.2, 0) is 16.1 Å². The van der Waals surface area contributed by atoms with Gasteiger partial charge in [0.25, 0.3) is 5.56 Å². The summed E-state index contributed by atoms with van der Waals surface area (Å²) in [5.41, 5.74) is 1.71. The highest BCUT2D eigenvalue weighted by molar-refractivity contribution is 7.99. The Bertz CT molecular complexity index is 764. The molecule has 0 fully saturated rings. The van der Waals surface area contributed by atoms with E-state index in [0.717, 1.165) is 17.3 Å². The molecule has 1 aromatic carbocycles. The molecule has 1 amide bonds. The molecule has 1 aromatic heterocycles. The fourth-order valence-electron chi connectivity index (χ4n) is 1.84. The number of H-pyrrole nitrogens is 1. The maximum Gasteiger partial charge on any atom is 0.251 e. The van der Waals surface area contributed by atoms with E-state index in [0.29, 0.717) is 21.6 Å². The van der Waals surface area contributed by atoms with Crippen molar-refractivity contribution in [2.24, 2.45) is 0 Å². The molecular weight excluding hydrogens is 338 g/mol. The van der Waals surface area contributed by atoms with Crippen LogP contribution in [0, 0.1) is 6.92 Å². The third-order valence-electron chi connectivity index (χ3n) is 2.95.